The van der Waals surface area contributed by atoms with Gasteiger partial charge in [0.25, 0.3) is 0 Å². The van der Waals surface area contributed by atoms with Gasteiger partial charge in [0.1, 0.15) is 31.0 Å². The first-order valence-corrected chi connectivity index (χ1v) is 8.94. The van der Waals surface area contributed by atoms with Gasteiger partial charge in [0.05, 0.1) is 11.4 Å². The van der Waals surface area contributed by atoms with Gasteiger partial charge < -0.3 is 24.7 Å². The van der Waals surface area contributed by atoms with Gasteiger partial charge in [0.2, 0.25) is 0 Å². The molecule has 3 aromatic rings. The molecule has 0 saturated carbocycles. The van der Waals surface area contributed by atoms with E-state index >= 15 is 0 Å². The standard InChI is InChI=1S/C19H21N5O2/c1-24-7-5-14(24)17(12-2-3-15-16(10-12)26-9-8-25-15)23-19-13-4-6-20-18(13)21-11-22-19/h2-4,6,10-11,14,17H,5,7-9H2,1H3,(H2,20,21,22,23)/t14-,17+/m1/s1. The topological polar surface area (TPSA) is 75.3 Å². The molecule has 0 bridgehead atoms. The molecule has 2 N–H and O–H groups in total. The Morgan fingerprint density at radius 3 is 2.88 bits per heavy atom. The molecule has 26 heavy (non-hydrogen) atoms. The van der Waals surface area contributed by atoms with Crippen molar-refractivity contribution in [1.29, 1.82) is 0 Å². The number of aromatic nitrogens is 3. The normalized spacial score (nSPS) is 20.6. The van der Waals surface area contributed by atoms with E-state index < -0.39 is 0 Å². The molecule has 7 nitrogen and oxygen atoms in total. The van der Waals surface area contributed by atoms with E-state index in [-0.39, 0.29) is 6.04 Å². The van der Waals surface area contributed by atoms with Gasteiger partial charge in [0.15, 0.2) is 11.5 Å². The molecule has 134 valence electrons. The molecule has 7 heteroatoms. The summed E-state index contributed by atoms with van der Waals surface area (Å²) in [7, 11) is 2.16. The third kappa shape index (κ3) is 2.55. The zero-order valence-corrected chi connectivity index (χ0v) is 14.6. The van der Waals surface area contributed by atoms with E-state index in [4.69, 9.17) is 9.47 Å². The fourth-order valence-electron chi connectivity index (χ4n) is 3.75. The highest BCUT2D eigenvalue weighted by Crippen LogP contribution is 2.38. The number of fused-ring (bicyclic) bond motifs is 2. The van der Waals surface area contributed by atoms with Crippen LogP contribution in [0.3, 0.4) is 0 Å². The van der Waals surface area contributed by atoms with Crippen LogP contribution in [0.15, 0.2) is 36.8 Å². The Hall–Kier alpha value is -2.80. The number of H-pyrrole nitrogens is 1. The molecule has 5 rings (SSSR count). The van der Waals surface area contributed by atoms with Gasteiger partial charge in [-0.25, -0.2) is 9.97 Å². The lowest BCUT2D eigenvalue weighted by Crippen LogP contribution is -2.50. The Balaban J connectivity index is 1.52. The second-order valence-corrected chi connectivity index (χ2v) is 6.82. The first kappa shape index (κ1) is 15.5. The number of ether oxygens (including phenoxy) is 2. The van der Waals surface area contributed by atoms with E-state index in [0.29, 0.717) is 19.3 Å². The summed E-state index contributed by atoms with van der Waals surface area (Å²) in [6.07, 6.45) is 4.62. The molecule has 2 atom stereocenters. The van der Waals surface area contributed by atoms with Crippen LogP contribution in [0.4, 0.5) is 5.82 Å². The zero-order chi connectivity index (χ0) is 17.5. The predicted molar refractivity (Wildman–Crippen MR) is 98.7 cm³/mol. The summed E-state index contributed by atoms with van der Waals surface area (Å²) in [6.45, 7) is 2.30. The largest absolute Gasteiger partial charge is 0.486 e. The maximum absolute atomic E-state index is 5.78. The minimum absolute atomic E-state index is 0.109. The molecule has 0 spiro atoms. The van der Waals surface area contributed by atoms with E-state index in [1.807, 2.05) is 18.3 Å². The van der Waals surface area contributed by atoms with Crippen molar-refractivity contribution in [3.05, 3.63) is 42.4 Å². The number of hydrogen-bond donors (Lipinski definition) is 2. The highest BCUT2D eigenvalue weighted by Gasteiger charge is 2.34. The number of likely N-dealkylation sites (N-methyl/N-ethyl adjacent to an activating group) is 1. The third-order valence-corrected chi connectivity index (χ3v) is 5.30. The van der Waals surface area contributed by atoms with Crippen molar-refractivity contribution in [2.75, 3.05) is 32.1 Å². The molecule has 0 aliphatic carbocycles. The van der Waals surface area contributed by atoms with Crippen LogP contribution >= 0.6 is 0 Å². The minimum atomic E-state index is 0.109. The fourth-order valence-corrected chi connectivity index (χ4v) is 3.75. The van der Waals surface area contributed by atoms with Crippen LogP contribution in [0, 0.1) is 0 Å². The van der Waals surface area contributed by atoms with E-state index in [1.165, 1.54) is 5.56 Å². The molecular formula is C19H21N5O2. The lowest BCUT2D eigenvalue weighted by Gasteiger charge is -2.43. The molecule has 0 amide bonds. The molecule has 1 saturated heterocycles. The number of rotatable bonds is 4. The Morgan fingerprint density at radius 1 is 1.19 bits per heavy atom. The number of nitrogens with zero attached hydrogens (tertiary/aromatic N) is 3. The van der Waals surface area contributed by atoms with Gasteiger partial charge in [-0.05, 0) is 43.8 Å². The summed E-state index contributed by atoms with van der Waals surface area (Å²) in [6, 6.07) is 8.73. The van der Waals surface area contributed by atoms with Gasteiger partial charge in [-0.3, -0.25) is 0 Å². The lowest BCUT2D eigenvalue weighted by atomic mass is 9.90. The average Bonchev–Trinajstić information content (AvgIpc) is 3.15. The average molecular weight is 351 g/mol. The summed E-state index contributed by atoms with van der Waals surface area (Å²) >= 11 is 0. The molecule has 0 unspecified atom stereocenters. The highest BCUT2D eigenvalue weighted by molar-refractivity contribution is 5.86. The maximum atomic E-state index is 5.78. The smallest absolute Gasteiger partial charge is 0.161 e. The van der Waals surface area contributed by atoms with Crippen LogP contribution in [0.25, 0.3) is 11.0 Å². The molecule has 2 aliphatic rings. The molecule has 0 radical (unpaired) electrons. The van der Waals surface area contributed by atoms with Crippen molar-refractivity contribution in [3.63, 3.8) is 0 Å². The van der Waals surface area contributed by atoms with Crippen molar-refractivity contribution in [2.45, 2.75) is 18.5 Å². The van der Waals surface area contributed by atoms with Gasteiger partial charge >= 0.3 is 0 Å². The van der Waals surface area contributed by atoms with Crippen molar-refractivity contribution in [3.8, 4) is 11.5 Å². The fraction of sp³-hybridized carbons (Fsp3) is 0.368. The van der Waals surface area contributed by atoms with Crippen LogP contribution in [-0.4, -0.2) is 52.7 Å². The number of nitrogens with one attached hydrogen (secondary N) is 2. The van der Waals surface area contributed by atoms with Crippen molar-refractivity contribution in [1.82, 2.24) is 19.9 Å². The maximum Gasteiger partial charge on any atom is 0.161 e. The number of hydrogen-bond acceptors (Lipinski definition) is 6. The summed E-state index contributed by atoms with van der Waals surface area (Å²) in [4.78, 5) is 14.3. The number of likely N-dealkylation sites (tertiary alicyclic amines) is 1. The van der Waals surface area contributed by atoms with Gasteiger partial charge in [-0.1, -0.05) is 6.07 Å². The Morgan fingerprint density at radius 2 is 2.08 bits per heavy atom. The van der Waals surface area contributed by atoms with E-state index in [0.717, 1.165) is 41.3 Å². The summed E-state index contributed by atoms with van der Waals surface area (Å²) in [5, 5.41) is 4.65. The van der Waals surface area contributed by atoms with Crippen LogP contribution in [0.5, 0.6) is 11.5 Å². The van der Waals surface area contributed by atoms with Gasteiger partial charge in [0, 0.05) is 12.2 Å². The van der Waals surface area contributed by atoms with Crippen LogP contribution in [0.2, 0.25) is 0 Å². The van der Waals surface area contributed by atoms with E-state index in [9.17, 15) is 0 Å². The molecule has 2 aromatic heterocycles. The van der Waals surface area contributed by atoms with Crippen molar-refractivity contribution in [2.24, 2.45) is 0 Å². The minimum Gasteiger partial charge on any atom is -0.486 e. The summed E-state index contributed by atoms with van der Waals surface area (Å²) in [5.41, 5.74) is 2.01. The Kier molecular flexibility index (Phi) is 3.67. The molecule has 1 aromatic carbocycles. The summed E-state index contributed by atoms with van der Waals surface area (Å²) in [5.74, 6) is 2.48. The molecule has 1 fully saturated rings. The van der Waals surface area contributed by atoms with E-state index in [1.54, 1.807) is 6.33 Å². The monoisotopic (exact) mass is 351 g/mol. The van der Waals surface area contributed by atoms with Crippen LogP contribution in [-0.2, 0) is 0 Å². The Bertz CT molecular complexity index is 941. The molecular weight excluding hydrogens is 330 g/mol. The van der Waals surface area contributed by atoms with Gasteiger partial charge in [-0.15, -0.1) is 0 Å². The number of aromatic amines is 1. The zero-order valence-electron chi connectivity index (χ0n) is 14.6. The second-order valence-electron chi connectivity index (χ2n) is 6.82. The SMILES string of the molecule is CN1CC[C@@H]1[C@@H](Nc1ncnc2[nH]ccc12)c1ccc2c(c1)OCCO2. The second kappa shape index (κ2) is 6.17. The highest BCUT2D eigenvalue weighted by atomic mass is 16.6. The number of anilines is 1. The van der Waals surface area contributed by atoms with E-state index in [2.05, 4.69) is 44.3 Å². The first-order valence-electron chi connectivity index (χ1n) is 8.94. The number of benzene rings is 1. The Labute approximate surface area is 151 Å². The first-order chi connectivity index (χ1) is 12.8. The van der Waals surface area contributed by atoms with Crippen molar-refractivity contribution >= 4 is 16.9 Å². The van der Waals surface area contributed by atoms with Gasteiger partial charge in [-0.2, -0.15) is 0 Å². The lowest BCUT2D eigenvalue weighted by molar-refractivity contribution is 0.108. The molecule has 2 aliphatic heterocycles. The predicted octanol–water partition coefficient (Wildman–Crippen LogP) is 2.59. The van der Waals surface area contributed by atoms with Crippen molar-refractivity contribution < 1.29 is 9.47 Å². The van der Waals surface area contributed by atoms with Crippen LogP contribution < -0.4 is 14.8 Å². The van der Waals surface area contributed by atoms with Crippen LogP contribution in [0.1, 0.15) is 18.0 Å². The quantitative estimate of drug-likeness (QED) is 0.752. The summed E-state index contributed by atoms with van der Waals surface area (Å²) < 4.78 is 11.4. The molecule has 4 heterocycles. The third-order valence-electron chi connectivity index (χ3n) is 5.30.